The van der Waals surface area contributed by atoms with Crippen molar-refractivity contribution in [1.29, 1.82) is 0 Å². The zero-order chi connectivity index (χ0) is 23.3. The average molecular weight is 443 g/mol. The van der Waals surface area contributed by atoms with Crippen LogP contribution < -0.4 is 5.32 Å². The first-order chi connectivity index (χ1) is 16.2. The quantitative estimate of drug-likeness (QED) is 0.366. The first kappa shape index (κ1) is 24.2. The number of aryl methyl sites for hydroxylation is 1. The van der Waals surface area contributed by atoms with Gasteiger partial charge in [-0.3, -0.25) is 9.59 Å². The molecule has 3 aromatic rings. The van der Waals surface area contributed by atoms with E-state index in [4.69, 9.17) is 0 Å². The summed E-state index contributed by atoms with van der Waals surface area (Å²) in [5, 5.41) is 3.08. The zero-order valence-corrected chi connectivity index (χ0v) is 19.5. The highest BCUT2D eigenvalue weighted by molar-refractivity contribution is 5.88. The highest BCUT2D eigenvalue weighted by Crippen LogP contribution is 2.25. The van der Waals surface area contributed by atoms with Gasteiger partial charge in [-0.15, -0.1) is 0 Å². The number of nitrogens with one attached hydrogen (secondary N) is 1. The maximum absolute atomic E-state index is 13.6. The second-order valence-electron chi connectivity index (χ2n) is 8.30. The van der Waals surface area contributed by atoms with E-state index in [-0.39, 0.29) is 11.8 Å². The molecule has 0 saturated heterocycles. The number of carbonyl (C=O) groups excluding carboxylic acids is 2. The fraction of sp³-hybridized carbons (Fsp3) is 0.310. The standard InChI is InChI=1S/C29H34N2O2/c1-2-3-13-22-30-29(33)28(26-18-11-6-12-19-26)31(23-25-16-9-5-10-17-25)27(32)21-20-24-14-7-4-8-15-24/h4-12,14-19,28H,2-3,13,20-23H2,1H3,(H,30,33). The number of carbonyl (C=O) groups is 2. The lowest BCUT2D eigenvalue weighted by Gasteiger charge is -2.32. The Kier molecular flexibility index (Phi) is 9.71. The molecule has 1 N–H and O–H groups in total. The van der Waals surface area contributed by atoms with Crippen LogP contribution >= 0.6 is 0 Å². The summed E-state index contributed by atoms with van der Waals surface area (Å²) < 4.78 is 0. The van der Waals surface area contributed by atoms with Crippen molar-refractivity contribution in [3.63, 3.8) is 0 Å². The number of benzene rings is 3. The number of unbranched alkanes of at least 4 members (excludes halogenated alkanes) is 2. The van der Waals surface area contributed by atoms with Crippen molar-refractivity contribution in [2.75, 3.05) is 6.54 Å². The van der Waals surface area contributed by atoms with E-state index in [1.54, 1.807) is 4.90 Å². The van der Waals surface area contributed by atoms with Gasteiger partial charge in [0, 0.05) is 19.5 Å². The van der Waals surface area contributed by atoms with Gasteiger partial charge in [0.25, 0.3) is 0 Å². The molecule has 0 aliphatic heterocycles. The van der Waals surface area contributed by atoms with Crippen LogP contribution in [0.3, 0.4) is 0 Å². The molecule has 0 bridgehead atoms. The van der Waals surface area contributed by atoms with Crippen LogP contribution in [0.4, 0.5) is 0 Å². The van der Waals surface area contributed by atoms with Gasteiger partial charge in [-0.25, -0.2) is 0 Å². The lowest BCUT2D eigenvalue weighted by molar-refractivity contribution is -0.141. The smallest absolute Gasteiger partial charge is 0.247 e. The average Bonchev–Trinajstić information content (AvgIpc) is 2.87. The molecular weight excluding hydrogens is 408 g/mol. The van der Waals surface area contributed by atoms with Crippen LogP contribution in [-0.2, 0) is 22.6 Å². The number of hydrogen-bond donors (Lipinski definition) is 1. The van der Waals surface area contributed by atoms with Crippen LogP contribution in [0.2, 0.25) is 0 Å². The van der Waals surface area contributed by atoms with Gasteiger partial charge < -0.3 is 10.2 Å². The Morgan fingerprint density at radius 3 is 1.97 bits per heavy atom. The van der Waals surface area contributed by atoms with Crippen molar-refractivity contribution >= 4 is 11.8 Å². The molecule has 0 radical (unpaired) electrons. The van der Waals surface area contributed by atoms with Crippen molar-refractivity contribution in [3.05, 3.63) is 108 Å². The summed E-state index contributed by atoms with van der Waals surface area (Å²) in [5.74, 6) is -0.151. The molecule has 2 amide bonds. The molecule has 4 heteroatoms. The summed E-state index contributed by atoms with van der Waals surface area (Å²) in [6.07, 6.45) is 4.09. The summed E-state index contributed by atoms with van der Waals surface area (Å²) in [6.45, 7) is 3.14. The maximum Gasteiger partial charge on any atom is 0.247 e. The Morgan fingerprint density at radius 2 is 1.36 bits per heavy atom. The number of rotatable bonds is 12. The van der Waals surface area contributed by atoms with Crippen LogP contribution in [0.1, 0.15) is 55.3 Å². The minimum Gasteiger partial charge on any atom is -0.354 e. The summed E-state index contributed by atoms with van der Waals surface area (Å²) >= 11 is 0. The van der Waals surface area contributed by atoms with Crippen LogP contribution in [-0.4, -0.2) is 23.3 Å². The third kappa shape index (κ3) is 7.60. The lowest BCUT2D eigenvalue weighted by Crippen LogP contribution is -2.43. The molecule has 1 unspecified atom stereocenters. The largest absolute Gasteiger partial charge is 0.354 e. The molecule has 3 aromatic carbocycles. The lowest BCUT2D eigenvalue weighted by atomic mass is 10.0. The molecule has 0 spiro atoms. The molecule has 4 nitrogen and oxygen atoms in total. The van der Waals surface area contributed by atoms with Gasteiger partial charge in [0.15, 0.2) is 0 Å². The molecule has 172 valence electrons. The second-order valence-corrected chi connectivity index (χ2v) is 8.30. The topological polar surface area (TPSA) is 49.4 Å². The minimum absolute atomic E-state index is 0.0275. The molecule has 0 aromatic heterocycles. The van der Waals surface area contributed by atoms with Crippen molar-refractivity contribution in [3.8, 4) is 0 Å². The van der Waals surface area contributed by atoms with Gasteiger partial charge in [0.2, 0.25) is 11.8 Å². The van der Waals surface area contributed by atoms with Gasteiger partial charge in [-0.05, 0) is 29.5 Å². The van der Waals surface area contributed by atoms with E-state index in [1.807, 2.05) is 91.0 Å². The third-order valence-electron chi connectivity index (χ3n) is 5.74. The normalized spacial score (nSPS) is 11.5. The Labute approximate surface area is 197 Å². The fourth-order valence-corrected chi connectivity index (χ4v) is 3.93. The number of hydrogen-bond acceptors (Lipinski definition) is 2. The van der Waals surface area contributed by atoms with Crippen molar-refractivity contribution in [1.82, 2.24) is 10.2 Å². The monoisotopic (exact) mass is 442 g/mol. The van der Waals surface area contributed by atoms with E-state index in [9.17, 15) is 9.59 Å². The molecule has 0 fully saturated rings. The second kappa shape index (κ2) is 13.2. The Bertz CT molecular complexity index is 974. The van der Waals surface area contributed by atoms with Gasteiger partial charge in [0.05, 0.1) is 0 Å². The fourth-order valence-electron chi connectivity index (χ4n) is 3.93. The van der Waals surface area contributed by atoms with Crippen LogP contribution in [0.25, 0.3) is 0 Å². The van der Waals surface area contributed by atoms with E-state index in [0.29, 0.717) is 25.9 Å². The highest BCUT2D eigenvalue weighted by Gasteiger charge is 2.31. The van der Waals surface area contributed by atoms with E-state index >= 15 is 0 Å². The summed E-state index contributed by atoms with van der Waals surface area (Å²) in [4.78, 5) is 28.7. The Balaban J connectivity index is 1.86. The van der Waals surface area contributed by atoms with Crippen LogP contribution in [0.15, 0.2) is 91.0 Å². The maximum atomic E-state index is 13.6. The van der Waals surface area contributed by atoms with Gasteiger partial charge >= 0.3 is 0 Å². The molecule has 0 aliphatic rings. The van der Waals surface area contributed by atoms with E-state index < -0.39 is 6.04 Å². The highest BCUT2D eigenvalue weighted by atomic mass is 16.2. The first-order valence-corrected chi connectivity index (χ1v) is 11.9. The molecule has 1 atom stereocenters. The van der Waals surface area contributed by atoms with Gasteiger partial charge in [-0.1, -0.05) is 111 Å². The predicted molar refractivity (Wildman–Crippen MR) is 133 cm³/mol. The Hall–Kier alpha value is -3.40. The predicted octanol–water partition coefficient (Wildman–Crippen LogP) is 5.70. The van der Waals surface area contributed by atoms with E-state index in [0.717, 1.165) is 36.0 Å². The molecule has 0 aliphatic carbocycles. The van der Waals surface area contributed by atoms with Crippen LogP contribution in [0.5, 0.6) is 0 Å². The zero-order valence-electron chi connectivity index (χ0n) is 19.5. The van der Waals surface area contributed by atoms with Crippen molar-refractivity contribution < 1.29 is 9.59 Å². The van der Waals surface area contributed by atoms with Crippen LogP contribution in [0, 0.1) is 0 Å². The summed E-state index contributed by atoms with van der Waals surface area (Å²) in [5.41, 5.74) is 2.95. The first-order valence-electron chi connectivity index (χ1n) is 11.9. The van der Waals surface area contributed by atoms with E-state index in [1.165, 1.54) is 0 Å². The summed E-state index contributed by atoms with van der Waals surface area (Å²) in [6, 6.07) is 28.8. The molecule has 0 heterocycles. The molecular formula is C29H34N2O2. The summed E-state index contributed by atoms with van der Waals surface area (Å²) in [7, 11) is 0. The van der Waals surface area contributed by atoms with E-state index in [2.05, 4.69) is 12.2 Å². The van der Waals surface area contributed by atoms with Crippen molar-refractivity contribution in [2.24, 2.45) is 0 Å². The van der Waals surface area contributed by atoms with Gasteiger partial charge in [0.1, 0.15) is 6.04 Å². The molecule has 3 rings (SSSR count). The molecule has 33 heavy (non-hydrogen) atoms. The number of nitrogens with zero attached hydrogens (tertiary/aromatic N) is 1. The molecule has 0 saturated carbocycles. The van der Waals surface area contributed by atoms with Crippen molar-refractivity contribution in [2.45, 2.75) is 51.6 Å². The minimum atomic E-state index is -0.670. The number of amides is 2. The Morgan fingerprint density at radius 1 is 0.788 bits per heavy atom. The SMILES string of the molecule is CCCCCNC(=O)C(c1ccccc1)N(Cc1ccccc1)C(=O)CCc1ccccc1. The third-order valence-corrected chi connectivity index (χ3v) is 5.74. The van der Waals surface area contributed by atoms with Gasteiger partial charge in [-0.2, -0.15) is 0 Å².